The quantitative estimate of drug-likeness (QED) is 0.790. The van der Waals surface area contributed by atoms with E-state index in [1.54, 1.807) is 24.3 Å². The van der Waals surface area contributed by atoms with Gasteiger partial charge in [0.2, 0.25) is 0 Å². The lowest BCUT2D eigenvalue weighted by atomic mass is 10.1. The summed E-state index contributed by atoms with van der Waals surface area (Å²) < 4.78 is 27.3. The Labute approximate surface area is 120 Å². The van der Waals surface area contributed by atoms with E-state index < -0.39 is 5.82 Å². The standard InChI is InChI=1S/C16H13F2N3/c1-2-19-15-12-8-7-10(17)9-14(12)20-16(21-15)11-5-3-4-6-13(11)18/h3-9H,2H2,1H3,(H,19,20,21). The van der Waals surface area contributed by atoms with Gasteiger partial charge in [0.25, 0.3) is 0 Å². The van der Waals surface area contributed by atoms with E-state index in [0.29, 0.717) is 28.8 Å². The molecule has 3 aromatic rings. The van der Waals surface area contributed by atoms with E-state index in [-0.39, 0.29) is 11.6 Å². The maximum absolute atomic E-state index is 13.9. The molecular weight excluding hydrogens is 272 g/mol. The van der Waals surface area contributed by atoms with Crippen LogP contribution >= 0.6 is 0 Å². The minimum atomic E-state index is -0.407. The Bertz CT molecular complexity index is 803. The van der Waals surface area contributed by atoms with Crippen molar-refractivity contribution in [3.8, 4) is 11.4 Å². The average Bonchev–Trinajstić information content (AvgIpc) is 2.47. The Hall–Kier alpha value is -2.56. The van der Waals surface area contributed by atoms with Gasteiger partial charge >= 0.3 is 0 Å². The molecule has 0 saturated heterocycles. The number of rotatable bonds is 3. The van der Waals surface area contributed by atoms with Crippen molar-refractivity contribution in [2.45, 2.75) is 6.92 Å². The van der Waals surface area contributed by atoms with Crippen LogP contribution in [0, 0.1) is 11.6 Å². The number of nitrogens with zero attached hydrogens (tertiary/aromatic N) is 2. The van der Waals surface area contributed by atoms with Crippen LogP contribution in [0.2, 0.25) is 0 Å². The van der Waals surface area contributed by atoms with Crippen LogP contribution in [0.4, 0.5) is 14.6 Å². The molecular formula is C16H13F2N3. The molecule has 1 N–H and O–H groups in total. The fraction of sp³-hybridized carbons (Fsp3) is 0.125. The van der Waals surface area contributed by atoms with Crippen LogP contribution in [-0.2, 0) is 0 Å². The van der Waals surface area contributed by atoms with Gasteiger partial charge in [-0.05, 0) is 31.2 Å². The molecule has 0 aliphatic heterocycles. The van der Waals surface area contributed by atoms with Crippen LogP contribution in [0.15, 0.2) is 42.5 Å². The number of anilines is 1. The first-order valence-electron chi connectivity index (χ1n) is 6.65. The van der Waals surface area contributed by atoms with Gasteiger partial charge in [0.15, 0.2) is 5.82 Å². The predicted molar refractivity (Wildman–Crippen MR) is 79.1 cm³/mol. The molecule has 0 aliphatic rings. The lowest BCUT2D eigenvalue weighted by Crippen LogP contribution is -2.03. The minimum Gasteiger partial charge on any atom is -0.370 e. The second-order valence-electron chi connectivity index (χ2n) is 4.57. The first-order chi connectivity index (χ1) is 10.2. The molecule has 0 aliphatic carbocycles. The monoisotopic (exact) mass is 285 g/mol. The third kappa shape index (κ3) is 2.54. The van der Waals surface area contributed by atoms with E-state index in [9.17, 15) is 8.78 Å². The largest absolute Gasteiger partial charge is 0.370 e. The summed E-state index contributed by atoms with van der Waals surface area (Å²) in [5, 5.41) is 3.81. The second kappa shape index (κ2) is 5.44. The Morgan fingerprint density at radius 2 is 1.86 bits per heavy atom. The molecule has 3 rings (SSSR count). The molecule has 0 spiro atoms. The summed E-state index contributed by atoms with van der Waals surface area (Å²) in [5.41, 5.74) is 0.738. The zero-order valence-electron chi connectivity index (χ0n) is 11.4. The van der Waals surface area contributed by atoms with Crippen LogP contribution in [0.5, 0.6) is 0 Å². The van der Waals surface area contributed by atoms with Crippen molar-refractivity contribution in [3.63, 3.8) is 0 Å². The Morgan fingerprint density at radius 1 is 1.05 bits per heavy atom. The fourth-order valence-electron chi connectivity index (χ4n) is 2.17. The van der Waals surface area contributed by atoms with Gasteiger partial charge < -0.3 is 5.32 Å². The summed E-state index contributed by atoms with van der Waals surface area (Å²) in [4.78, 5) is 8.65. The Balaban J connectivity index is 2.27. The summed E-state index contributed by atoms with van der Waals surface area (Å²) in [6.07, 6.45) is 0. The fourth-order valence-corrected chi connectivity index (χ4v) is 2.17. The third-order valence-electron chi connectivity index (χ3n) is 3.12. The van der Waals surface area contributed by atoms with Gasteiger partial charge in [-0.15, -0.1) is 0 Å². The molecule has 0 atom stereocenters. The normalized spacial score (nSPS) is 10.8. The highest BCUT2D eigenvalue weighted by Crippen LogP contribution is 2.26. The average molecular weight is 285 g/mol. The van der Waals surface area contributed by atoms with Crippen LogP contribution in [-0.4, -0.2) is 16.5 Å². The number of fused-ring (bicyclic) bond motifs is 1. The molecule has 1 aromatic heterocycles. The van der Waals surface area contributed by atoms with E-state index >= 15 is 0 Å². The van der Waals surface area contributed by atoms with Crippen molar-refractivity contribution < 1.29 is 8.78 Å². The second-order valence-corrected chi connectivity index (χ2v) is 4.57. The van der Waals surface area contributed by atoms with E-state index in [4.69, 9.17) is 0 Å². The van der Waals surface area contributed by atoms with E-state index in [1.165, 1.54) is 18.2 Å². The smallest absolute Gasteiger partial charge is 0.165 e. The van der Waals surface area contributed by atoms with Gasteiger partial charge in [-0.25, -0.2) is 18.7 Å². The lowest BCUT2D eigenvalue weighted by molar-refractivity contribution is 0.629. The van der Waals surface area contributed by atoms with Crippen LogP contribution in [0.25, 0.3) is 22.3 Å². The van der Waals surface area contributed by atoms with Crippen molar-refractivity contribution in [3.05, 3.63) is 54.1 Å². The topological polar surface area (TPSA) is 37.8 Å². The molecule has 1 heterocycles. The highest BCUT2D eigenvalue weighted by molar-refractivity contribution is 5.90. The molecule has 2 aromatic carbocycles. The van der Waals surface area contributed by atoms with Gasteiger partial charge in [-0.1, -0.05) is 12.1 Å². The molecule has 0 amide bonds. The number of benzene rings is 2. The number of hydrogen-bond donors (Lipinski definition) is 1. The number of hydrogen-bond acceptors (Lipinski definition) is 3. The summed E-state index contributed by atoms with van der Waals surface area (Å²) in [5.74, 6) is 0.0155. The zero-order valence-corrected chi connectivity index (χ0v) is 11.4. The lowest BCUT2D eigenvalue weighted by Gasteiger charge is -2.10. The van der Waals surface area contributed by atoms with E-state index in [0.717, 1.165) is 0 Å². The Morgan fingerprint density at radius 3 is 2.62 bits per heavy atom. The molecule has 0 bridgehead atoms. The molecule has 0 radical (unpaired) electrons. The van der Waals surface area contributed by atoms with Gasteiger partial charge in [0.05, 0.1) is 11.1 Å². The maximum atomic E-state index is 13.9. The van der Waals surface area contributed by atoms with Gasteiger partial charge in [-0.2, -0.15) is 0 Å². The molecule has 21 heavy (non-hydrogen) atoms. The van der Waals surface area contributed by atoms with Gasteiger partial charge in [0, 0.05) is 18.0 Å². The van der Waals surface area contributed by atoms with Crippen LogP contribution in [0.3, 0.4) is 0 Å². The highest BCUT2D eigenvalue weighted by atomic mass is 19.1. The third-order valence-corrected chi connectivity index (χ3v) is 3.12. The van der Waals surface area contributed by atoms with Crippen molar-refractivity contribution in [2.24, 2.45) is 0 Å². The first-order valence-corrected chi connectivity index (χ1v) is 6.65. The van der Waals surface area contributed by atoms with Crippen molar-refractivity contribution in [1.29, 1.82) is 0 Å². The van der Waals surface area contributed by atoms with Gasteiger partial charge in [0.1, 0.15) is 17.5 Å². The molecule has 0 fully saturated rings. The molecule has 0 unspecified atom stereocenters. The summed E-state index contributed by atoms with van der Waals surface area (Å²) >= 11 is 0. The molecule has 106 valence electrons. The van der Waals surface area contributed by atoms with E-state index in [1.807, 2.05) is 6.92 Å². The highest BCUT2D eigenvalue weighted by Gasteiger charge is 2.12. The molecule has 5 heteroatoms. The number of aromatic nitrogens is 2. The minimum absolute atomic E-state index is 0.238. The SMILES string of the molecule is CCNc1nc(-c2ccccc2F)nc2cc(F)ccc12. The van der Waals surface area contributed by atoms with Crippen molar-refractivity contribution >= 4 is 16.7 Å². The molecule has 0 saturated carbocycles. The molecule has 3 nitrogen and oxygen atoms in total. The summed E-state index contributed by atoms with van der Waals surface area (Å²) in [6, 6.07) is 10.6. The van der Waals surface area contributed by atoms with E-state index in [2.05, 4.69) is 15.3 Å². The van der Waals surface area contributed by atoms with Gasteiger partial charge in [-0.3, -0.25) is 0 Å². The van der Waals surface area contributed by atoms with Crippen LogP contribution in [0.1, 0.15) is 6.92 Å². The summed E-state index contributed by atoms with van der Waals surface area (Å²) in [6.45, 7) is 2.58. The summed E-state index contributed by atoms with van der Waals surface area (Å²) in [7, 11) is 0. The van der Waals surface area contributed by atoms with Crippen molar-refractivity contribution in [1.82, 2.24) is 9.97 Å². The van der Waals surface area contributed by atoms with Crippen LogP contribution < -0.4 is 5.32 Å². The van der Waals surface area contributed by atoms with Crippen molar-refractivity contribution in [2.75, 3.05) is 11.9 Å². The maximum Gasteiger partial charge on any atom is 0.165 e. The predicted octanol–water partition coefficient (Wildman–Crippen LogP) is 4.01. The number of nitrogens with one attached hydrogen (secondary N) is 1. The first kappa shape index (κ1) is 13.4. The Kier molecular flexibility index (Phi) is 3.48. The zero-order chi connectivity index (χ0) is 14.8. The number of halogens is 2.